The molecule has 1 fully saturated rings. The van der Waals surface area contributed by atoms with Crippen LogP contribution in [0.15, 0.2) is 102 Å². The van der Waals surface area contributed by atoms with E-state index in [0.29, 0.717) is 22.7 Å². The normalized spacial score (nSPS) is 14.1. The van der Waals surface area contributed by atoms with Gasteiger partial charge in [-0.2, -0.15) is 0 Å². The van der Waals surface area contributed by atoms with Gasteiger partial charge in [0.05, 0.1) is 17.9 Å². The lowest BCUT2D eigenvalue weighted by atomic mass is 10.2. The van der Waals surface area contributed by atoms with E-state index in [-0.39, 0.29) is 11.4 Å². The number of nitrogens with zero attached hydrogens (tertiary/aromatic N) is 5. The Labute approximate surface area is 235 Å². The molecule has 0 spiro atoms. The molecule has 1 amide bonds. The third kappa shape index (κ3) is 6.36. The molecule has 2 N–H and O–H groups in total. The van der Waals surface area contributed by atoms with Crippen molar-refractivity contribution in [3.63, 3.8) is 0 Å². The van der Waals surface area contributed by atoms with E-state index in [1.807, 2.05) is 6.07 Å². The first-order chi connectivity index (χ1) is 19.9. The molecule has 41 heavy (non-hydrogen) atoms. The van der Waals surface area contributed by atoms with Crippen molar-refractivity contribution in [1.29, 1.82) is 0 Å². The number of amides is 1. The van der Waals surface area contributed by atoms with E-state index in [2.05, 4.69) is 37.1 Å². The number of nitrogens with one attached hydrogen (secondary N) is 2. The van der Waals surface area contributed by atoms with Gasteiger partial charge in [-0.1, -0.05) is 6.58 Å². The van der Waals surface area contributed by atoms with Crippen LogP contribution in [0, 0.1) is 5.82 Å². The Morgan fingerprint density at radius 3 is 2.71 bits per heavy atom. The maximum Gasteiger partial charge on any atom is 0.267 e. The van der Waals surface area contributed by atoms with Crippen molar-refractivity contribution in [2.45, 2.75) is 6.92 Å². The zero-order chi connectivity index (χ0) is 28.8. The van der Waals surface area contributed by atoms with Crippen LogP contribution >= 0.6 is 0 Å². The predicted octanol–water partition coefficient (Wildman–Crippen LogP) is 3.58. The third-order valence-electron chi connectivity index (χ3n) is 6.40. The van der Waals surface area contributed by atoms with Crippen molar-refractivity contribution < 1.29 is 13.9 Å². The largest absolute Gasteiger partial charge is 0.460 e. The van der Waals surface area contributed by atoms with Gasteiger partial charge in [0.2, 0.25) is 0 Å². The number of piperazine rings is 1. The average Bonchev–Trinajstić information content (AvgIpc) is 3.00. The smallest absolute Gasteiger partial charge is 0.267 e. The van der Waals surface area contributed by atoms with E-state index < -0.39 is 17.3 Å². The van der Waals surface area contributed by atoms with E-state index in [0.717, 1.165) is 37.4 Å². The number of hydrogen-bond donors (Lipinski definition) is 2. The van der Waals surface area contributed by atoms with E-state index in [9.17, 15) is 14.0 Å². The molecule has 3 aromatic heterocycles. The molecule has 4 aromatic rings. The summed E-state index contributed by atoms with van der Waals surface area (Å²) in [5.74, 6) is 0.929. The van der Waals surface area contributed by atoms with Crippen LogP contribution in [-0.4, -0.2) is 52.5 Å². The Hall–Kier alpha value is -5.16. The van der Waals surface area contributed by atoms with Crippen molar-refractivity contribution >= 4 is 28.5 Å². The number of hydrogen-bond acceptors (Lipinski definition) is 8. The van der Waals surface area contributed by atoms with Gasteiger partial charge in [-0.3, -0.25) is 19.1 Å². The quantitative estimate of drug-likeness (QED) is 0.204. The van der Waals surface area contributed by atoms with Gasteiger partial charge in [0.25, 0.3) is 11.5 Å². The fraction of sp³-hybridized carbons (Fsp3) is 0.167. The number of ether oxygens (including phenoxy) is 1. The molecule has 1 saturated heterocycles. The highest BCUT2D eigenvalue weighted by atomic mass is 19.1. The second kappa shape index (κ2) is 12.3. The summed E-state index contributed by atoms with van der Waals surface area (Å²) in [6, 6.07) is 12.1. The molecule has 1 aliphatic heterocycles. The molecule has 0 bridgehead atoms. The maximum atomic E-state index is 13.3. The number of benzene rings is 1. The molecular weight excluding hydrogens is 525 g/mol. The fourth-order valence-corrected chi connectivity index (χ4v) is 4.32. The summed E-state index contributed by atoms with van der Waals surface area (Å²) in [5, 5.41) is 6.74. The number of halogens is 1. The molecule has 0 aliphatic carbocycles. The van der Waals surface area contributed by atoms with E-state index in [1.165, 1.54) is 53.4 Å². The summed E-state index contributed by atoms with van der Waals surface area (Å²) in [5.41, 5.74) is 0.458. The number of allylic oxidation sites excluding steroid dienone is 1. The Morgan fingerprint density at radius 2 is 1.95 bits per heavy atom. The minimum absolute atomic E-state index is 0.111. The van der Waals surface area contributed by atoms with Gasteiger partial charge in [-0.25, -0.2) is 14.4 Å². The van der Waals surface area contributed by atoms with Crippen LogP contribution in [0.2, 0.25) is 0 Å². The molecule has 0 radical (unpaired) electrons. The highest BCUT2D eigenvalue weighted by molar-refractivity contribution is 6.10. The number of carbonyl (C=O) groups excluding carboxylic acids is 1. The molecule has 4 heterocycles. The van der Waals surface area contributed by atoms with Crippen LogP contribution < -0.4 is 25.8 Å². The summed E-state index contributed by atoms with van der Waals surface area (Å²) in [4.78, 5) is 41.3. The van der Waals surface area contributed by atoms with Crippen molar-refractivity contribution in [2.75, 3.05) is 31.1 Å². The summed E-state index contributed by atoms with van der Waals surface area (Å²) >= 11 is 0. The third-order valence-corrected chi connectivity index (χ3v) is 6.40. The fourth-order valence-electron chi connectivity index (χ4n) is 4.32. The Morgan fingerprint density at radius 1 is 1.17 bits per heavy atom. The molecule has 0 saturated carbocycles. The predicted molar refractivity (Wildman–Crippen MR) is 156 cm³/mol. The van der Waals surface area contributed by atoms with Crippen LogP contribution in [0.25, 0.3) is 16.6 Å². The van der Waals surface area contributed by atoms with Crippen molar-refractivity contribution in [1.82, 2.24) is 25.2 Å². The molecule has 5 rings (SSSR count). The molecule has 1 aromatic carbocycles. The second-order valence-corrected chi connectivity index (χ2v) is 9.19. The number of aliphatic imine (C=N–C) groups is 1. The highest BCUT2D eigenvalue weighted by Gasteiger charge is 2.15. The SMILES string of the molecule is C=CC(=N/C=C(\C)Oc1ccnc2cnc(N3CCNCC3)cc12)NC(=O)c1cccn(-c2ccc(F)cc2)c1=O. The van der Waals surface area contributed by atoms with Gasteiger partial charge in [-0.05, 0) is 61.5 Å². The van der Waals surface area contributed by atoms with Crippen LogP contribution in [0.4, 0.5) is 10.2 Å². The van der Waals surface area contributed by atoms with Crippen LogP contribution in [0.5, 0.6) is 5.75 Å². The molecule has 208 valence electrons. The lowest BCUT2D eigenvalue weighted by Crippen LogP contribution is -2.43. The zero-order valence-electron chi connectivity index (χ0n) is 22.4. The van der Waals surface area contributed by atoms with E-state index in [4.69, 9.17) is 4.74 Å². The summed E-state index contributed by atoms with van der Waals surface area (Å²) < 4.78 is 20.6. The first-order valence-corrected chi connectivity index (χ1v) is 13.0. The van der Waals surface area contributed by atoms with Gasteiger partial charge in [0.1, 0.15) is 34.5 Å². The molecule has 0 unspecified atom stereocenters. The lowest BCUT2D eigenvalue weighted by molar-refractivity contribution is 0.0975. The number of anilines is 1. The number of aromatic nitrogens is 3. The van der Waals surface area contributed by atoms with E-state index >= 15 is 0 Å². The lowest BCUT2D eigenvalue weighted by Gasteiger charge is -2.28. The average molecular weight is 554 g/mol. The van der Waals surface area contributed by atoms with Gasteiger partial charge >= 0.3 is 0 Å². The van der Waals surface area contributed by atoms with Crippen molar-refractivity contribution in [3.05, 3.63) is 113 Å². The van der Waals surface area contributed by atoms with Crippen LogP contribution in [0.3, 0.4) is 0 Å². The highest BCUT2D eigenvalue weighted by Crippen LogP contribution is 2.28. The summed E-state index contributed by atoms with van der Waals surface area (Å²) in [7, 11) is 0. The molecule has 1 aliphatic rings. The van der Waals surface area contributed by atoms with Crippen molar-refractivity contribution in [2.24, 2.45) is 4.99 Å². The second-order valence-electron chi connectivity index (χ2n) is 9.19. The first kappa shape index (κ1) is 27.4. The number of amidine groups is 1. The number of rotatable bonds is 7. The Balaban J connectivity index is 1.33. The number of fused-ring (bicyclic) bond motifs is 1. The summed E-state index contributed by atoms with van der Waals surface area (Å²) in [6.07, 6.45) is 7.69. The minimum atomic E-state index is -0.662. The zero-order valence-corrected chi connectivity index (χ0v) is 22.4. The molecule has 11 heteroatoms. The molecular formula is C30H28FN7O3. The first-order valence-electron chi connectivity index (χ1n) is 13.0. The number of pyridine rings is 3. The standard InChI is InChI=1S/C30H28FN7O3/c1-3-27(36-29(39)23-5-4-14-38(30(23)40)22-8-6-21(31)7-9-22)34-18-20(2)41-26-10-11-33-25-19-35-28(17-24(25)26)37-15-12-32-13-16-37/h3-11,14,17-19,32H,1,12-13,15-16H2,2H3,(H,34,36,39)/b20-18+. The Bertz CT molecular complexity index is 1710. The van der Waals surface area contributed by atoms with Crippen molar-refractivity contribution in [3.8, 4) is 11.4 Å². The van der Waals surface area contributed by atoms with E-state index in [1.54, 1.807) is 31.5 Å². The minimum Gasteiger partial charge on any atom is -0.460 e. The van der Waals surface area contributed by atoms with Gasteiger partial charge < -0.3 is 20.3 Å². The van der Waals surface area contributed by atoms with Gasteiger partial charge in [0, 0.05) is 49.6 Å². The monoisotopic (exact) mass is 553 g/mol. The Kier molecular flexibility index (Phi) is 8.26. The molecule has 10 nitrogen and oxygen atoms in total. The molecule has 0 atom stereocenters. The van der Waals surface area contributed by atoms with Gasteiger partial charge in [-0.15, -0.1) is 0 Å². The topological polar surface area (TPSA) is 114 Å². The summed E-state index contributed by atoms with van der Waals surface area (Å²) in [6.45, 7) is 8.95. The maximum absolute atomic E-state index is 13.3. The van der Waals surface area contributed by atoms with Crippen LogP contribution in [0.1, 0.15) is 17.3 Å². The van der Waals surface area contributed by atoms with Gasteiger partial charge in [0.15, 0.2) is 0 Å². The van der Waals surface area contributed by atoms with Crippen LogP contribution in [-0.2, 0) is 0 Å². The number of carbonyl (C=O) groups is 1.